The molecule has 1 fully saturated rings. The molecule has 1 aromatic rings. The van der Waals surface area contributed by atoms with Crippen molar-refractivity contribution in [3.05, 3.63) is 28.2 Å². The van der Waals surface area contributed by atoms with Crippen molar-refractivity contribution in [3.63, 3.8) is 0 Å². The highest BCUT2D eigenvalue weighted by atomic mass is 79.9. The third-order valence-electron chi connectivity index (χ3n) is 4.02. The number of anilines is 1. The van der Waals surface area contributed by atoms with Crippen LogP contribution in [0.1, 0.15) is 44.6 Å². The van der Waals surface area contributed by atoms with Crippen LogP contribution in [0, 0.1) is 5.92 Å². The summed E-state index contributed by atoms with van der Waals surface area (Å²) in [5, 5.41) is 3.67. The summed E-state index contributed by atoms with van der Waals surface area (Å²) < 4.78 is 0.967. The Labute approximate surface area is 129 Å². The van der Waals surface area contributed by atoms with Crippen LogP contribution < -0.4 is 11.1 Å². The molecule has 2 unspecified atom stereocenters. The van der Waals surface area contributed by atoms with E-state index in [1.165, 1.54) is 32.1 Å². The lowest BCUT2D eigenvalue weighted by Crippen LogP contribution is -2.31. The molecule has 1 saturated carbocycles. The Kier molecular flexibility index (Phi) is 5.22. The Bertz CT molecular complexity index is 461. The maximum atomic E-state index is 5.67. The molecule has 3 N–H and O–H groups in total. The zero-order valence-corrected chi connectivity index (χ0v) is 13.7. The molecule has 0 amide bonds. The van der Waals surface area contributed by atoms with Crippen molar-refractivity contribution in [2.24, 2.45) is 11.7 Å². The first kappa shape index (κ1) is 14.8. The normalized spacial score (nSPS) is 23.1. The third-order valence-corrected chi connectivity index (χ3v) is 4.90. The maximum Gasteiger partial charge on any atom is 0.105 e. The summed E-state index contributed by atoms with van der Waals surface area (Å²) in [6.07, 6.45) is 6.58. The highest BCUT2D eigenvalue weighted by Crippen LogP contribution is 2.30. The number of rotatable bonds is 4. The van der Waals surface area contributed by atoms with Crippen molar-refractivity contribution in [2.45, 2.75) is 45.1 Å². The molecule has 1 aliphatic rings. The molecular formula is C15H21BrN2S. The quantitative estimate of drug-likeness (QED) is 0.794. The molecule has 2 rings (SSSR count). The van der Waals surface area contributed by atoms with E-state index in [0.717, 1.165) is 21.6 Å². The summed E-state index contributed by atoms with van der Waals surface area (Å²) in [7, 11) is 0. The number of benzene rings is 1. The topological polar surface area (TPSA) is 38.0 Å². The number of halogens is 1. The summed E-state index contributed by atoms with van der Waals surface area (Å²) in [4.78, 5) is 0.433. The number of hydrogen-bond donors (Lipinski definition) is 2. The summed E-state index contributed by atoms with van der Waals surface area (Å²) >= 11 is 8.56. The smallest absolute Gasteiger partial charge is 0.105 e. The van der Waals surface area contributed by atoms with E-state index in [0.29, 0.717) is 11.0 Å². The van der Waals surface area contributed by atoms with Crippen LogP contribution in [0.2, 0.25) is 0 Å². The largest absolute Gasteiger partial charge is 0.389 e. The van der Waals surface area contributed by atoms with Gasteiger partial charge in [-0.2, -0.15) is 0 Å². The van der Waals surface area contributed by atoms with Gasteiger partial charge in [0.05, 0.1) is 0 Å². The Morgan fingerprint density at radius 3 is 2.79 bits per heavy atom. The number of thiocarbonyl (C=S) groups is 1. The minimum atomic E-state index is 0.433. The Morgan fingerprint density at radius 2 is 2.16 bits per heavy atom. The standard InChI is InChI=1S/C15H21BrN2S/c1-2-10-5-3-4-6-14(10)18-11-7-8-12(15(17)19)13(16)9-11/h7-10,14,18H,2-6H2,1H3,(H2,17,19). The summed E-state index contributed by atoms with van der Waals surface area (Å²) in [6.45, 7) is 2.29. The van der Waals surface area contributed by atoms with Gasteiger partial charge in [0.1, 0.15) is 4.99 Å². The van der Waals surface area contributed by atoms with Gasteiger partial charge in [-0.15, -0.1) is 0 Å². The second-order valence-electron chi connectivity index (χ2n) is 5.26. The van der Waals surface area contributed by atoms with Gasteiger partial charge >= 0.3 is 0 Å². The van der Waals surface area contributed by atoms with Crippen LogP contribution in [0.5, 0.6) is 0 Å². The van der Waals surface area contributed by atoms with Gasteiger partial charge < -0.3 is 11.1 Å². The summed E-state index contributed by atoms with van der Waals surface area (Å²) in [5.74, 6) is 0.794. The number of hydrogen-bond acceptors (Lipinski definition) is 2. The average molecular weight is 341 g/mol. The maximum absolute atomic E-state index is 5.67. The molecule has 0 aromatic heterocycles. The van der Waals surface area contributed by atoms with Crippen LogP contribution >= 0.6 is 28.1 Å². The third kappa shape index (κ3) is 3.69. The van der Waals surface area contributed by atoms with Gasteiger partial charge in [-0.1, -0.05) is 38.4 Å². The van der Waals surface area contributed by atoms with Gasteiger partial charge in [0.25, 0.3) is 0 Å². The Morgan fingerprint density at radius 1 is 1.42 bits per heavy atom. The van der Waals surface area contributed by atoms with Gasteiger partial charge in [-0.3, -0.25) is 0 Å². The lowest BCUT2D eigenvalue weighted by atomic mass is 9.83. The van der Waals surface area contributed by atoms with Crippen molar-refractivity contribution in [2.75, 3.05) is 5.32 Å². The molecule has 1 aliphatic carbocycles. The Hall–Kier alpha value is -0.610. The Balaban J connectivity index is 2.10. The molecule has 0 bridgehead atoms. The van der Waals surface area contributed by atoms with E-state index in [-0.39, 0.29) is 0 Å². The summed E-state index contributed by atoms with van der Waals surface area (Å²) in [5.41, 5.74) is 7.72. The van der Waals surface area contributed by atoms with Crippen LogP contribution in [0.4, 0.5) is 5.69 Å². The molecule has 0 spiro atoms. The van der Waals surface area contributed by atoms with E-state index >= 15 is 0 Å². The average Bonchev–Trinajstić information content (AvgIpc) is 2.39. The predicted molar refractivity (Wildman–Crippen MR) is 89.7 cm³/mol. The van der Waals surface area contributed by atoms with Crippen molar-refractivity contribution >= 4 is 38.8 Å². The van der Waals surface area contributed by atoms with Gasteiger partial charge in [-0.25, -0.2) is 0 Å². The lowest BCUT2D eigenvalue weighted by Gasteiger charge is -2.32. The first-order chi connectivity index (χ1) is 9.11. The van der Waals surface area contributed by atoms with E-state index in [2.05, 4.69) is 40.3 Å². The van der Waals surface area contributed by atoms with Crippen LogP contribution in [-0.2, 0) is 0 Å². The van der Waals surface area contributed by atoms with E-state index in [4.69, 9.17) is 18.0 Å². The molecule has 0 heterocycles. The van der Waals surface area contributed by atoms with Crippen LogP contribution in [-0.4, -0.2) is 11.0 Å². The molecule has 1 aromatic carbocycles. The highest BCUT2D eigenvalue weighted by molar-refractivity contribution is 9.10. The summed E-state index contributed by atoms with van der Waals surface area (Å²) in [6, 6.07) is 6.73. The van der Waals surface area contributed by atoms with Crippen molar-refractivity contribution in [1.29, 1.82) is 0 Å². The zero-order chi connectivity index (χ0) is 13.8. The van der Waals surface area contributed by atoms with Crippen LogP contribution in [0.3, 0.4) is 0 Å². The van der Waals surface area contributed by atoms with Crippen LogP contribution in [0.25, 0.3) is 0 Å². The number of nitrogens with one attached hydrogen (secondary N) is 1. The number of nitrogens with two attached hydrogens (primary N) is 1. The van der Waals surface area contributed by atoms with E-state index in [1.807, 2.05) is 6.07 Å². The van der Waals surface area contributed by atoms with Gasteiger partial charge in [0.15, 0.2) is 0 Å². The first-order valence-corrected chi connectivity index (χ1v) is 8.17. The van der Waals surface area contributed by atoms with E-state index < -0.39 is 0 Å². The van der Waals surface area contributed by atoms with Crippen molar-refractivity contribution < 1.29 is 0 Å². The van der Waals surface area contributed by atoms with E-state index in [9.17, 15) is 0 Å². The molecule has 2 nitrogen and oxygen atoms in total. The lowest BCUT2D eigenvalue weighted by molar-refractivity contribution is 0.317. The fraction of sp³-hybridized carbons (Fsp3) is 0.533. The van der Waals surface area contributed by atoms with Gasteiger partial charge in [0.2, 0.25) is 0 Å². The molecule has 19 heavy (non-hydrogen) atoms. The fourth-order valence-corrected chi connectivity index (χ4v) is 3.81. The van der Waals surface area contributed by atoms with Gasteiger partial charge in [-0.05, 0) is 52.9 Å². The molecule has 104 valence electrons. The van der Waals surface area contributed by atoms with Crippen molar-refractivity contribution in [3.8, 4) is 0 Å². The van der Waals surface area contributed by atoms with E-state index in [1.54, 1.807) is 0 Å². The molecule has 4 heteroatoms. The predicted octanol–water partition coefficient (Wildman–Crippen LogP) is 4.46. The molecule has 0 aliphatic heterocycles. The fourth-order valence-electron chi connectivity index (χ4n) is 2.91. The molecular weight excluding hydrogens is 320 g/mol. The van der Waals surface area contributed by atoms with Crippen molar-refractivity contribution in [1.82, 2.24) is 0 Å². The van der Waals surface area contributed by atoms with Gasteiger partial charge in [0, 0.05) is 21.8 Å². The molecule has 0 saturated heterocycles. The minimum Gasteiger partial charge on any atom is -0.389 e. The first-order valence-electron chi connectivity index (χ1n) is 6.97. The zero-order valence-electron chi connectivity index (χ0n) is 11.3. The SMILES string of the molecule is CCC1CCCCC1Nc1ccc(C(N)=S)c(Br)c1. The highest BCUT2D eigenvalue weighted by Gasteiger charge is 2.23. The van der Waals surface area contributed by atoms with Crippen LogP contribution in [0.15, 0.2) is 22.7 Å². The second-order valence-corrected chi connectivity index (χ2v) is 6.56. The monoisotopic (exact) mass is 340 g/mol. The molecule has 2 atom stereocenters. The second kappa shape index (κ2) is 6.71. The molecule has 0 radical (unpaired) electrons. The minimum absolute atomic E-state index is 0.433.